The van der Waals surface area contributed by atoms with E-state index in [1.165, 1.54) is 5.56 Å². The van der Waals surface area contributed by atoms with Crippen LogP contribution in [-0.2, 0) is 6.42 Å². The van der Waals surface area contributed by atoms with Gasteiger partial charge in [-0.05, 0) is 42.3 Å². The second-order valence-corrected chi connectivity index (χ2v) is 7.63. The first-order chi connectivity index (χ1) is 16.7. The van der Waals surface area contributed by atoms with Crippen molar-refractivity contribution in [2.24, 2.45) is 0 Å². The third-order valence-electron chi connectivity index (χ3n) is 5.50. The van der Waals surface area contributed by atoms with Crippen molar-refractivity contribution >= 4 is 17.0 Å². The summed E-state index contributed by atoms with van der Waals surface area (Å²) in [5, 5.41) is 3.46. The van der Waals surface area contributed by atoms with Crippen LogP contribution in [0.2, 0.25) is 0 Å². The molecule has 0 aliphatic carbocycles. The number of methoxy groups -OCH3 is 2. The van der Waals surface area contributed by atoms with E-state index >= 15 is 0 Å². The van der Waals surface area contributed by atoms with Crippen LogP contribution < -0.4 is 14.8 Å². The molecule has 0 aliphatic rings. The topological polar surface area (TPSA) is 87.0 Å². The van der Waals surface area contributed by atoms with Crippen molar-refractivity contribution in [2.45, 2.75) is 6.42 Å². The third-order valence-corrected chi connectivity index (χ3v) is 5.50. The SMILES string of the molecule is COc1ccc(CCNc2nc(-c3ccc(OC)nc3)nc3c2ncn3-c2ccccc2)cc1. The molecule has 3 heterocycles. The summed E-state index contributed by atoms with van der Waals surface area (Å²) >= 11 is 0. The molecule has 0 unspecified atom stereocenters. The Morgan fingerprint density at radius 1 is 0.853 bits per heavy atom. The fourth-order valence-corrected chi connectivity index (χ4v) is 3.68. The summed E-state index contributed by atoms with van der Waals surface area (Å²) in [4.78, 5) is 18.6. The average Bonchev–Trinajstić information content (AvgIpc) is 3.34. The molecule has 0 spiro atoms. The van der Waals surface area contributed by atoms with Crippen LogP contribution in [0.4, 0.5) is 5.82 Å². The lowest BCUT2D eigenvalue weighted by Crippen LogP contribution is -2.08. The number of pyridine rings is 1. The molecular formula is C26H24N6O2. The van der Waals surface area contributed by atoms with Gasteiger partial charge in [0.2, 0.25) is 5.88 Å². The number of imidazole rings is 1. The Labute approximate surface area is 197 Å². The molecule has 0 bridgehead atoms. The van der Waals surface area contributed by atoms with Gasteiger partial charge in [-0.3, -0.25) is 4.57 Å². The highest BCUT2D eigenvalue weighted by atomic mass is 16.5. The summed E-state index contributed by atoms with van der Waals surface area (Å²) in [7, 11) is 3.26. The van der Waals surface area contributed by atoms with Crippen molar-refractivity contribution in [1.29, 1.82) is 0 Å². The zero-order valence-corrected chi connectivity index (χ0v) is 19.0. The number of nitrogens with zero attached hydrogens (tertiary/aromatic N) is 5. The standard InChI is InChI=1S/C26H24N6O2/c1-33-21-11-8-18(9-12-21)14-15-27-25-23-26(32(17-29-23)20-6-4-3-5-7-20)31-24(30-25)19-10-13-22(34-2)28-16-19/h3-13,16-17H,14-15H2,1-2H3,(H,27,30,31). The van der Waals surface area contributed by atoms with Crippen LogP contribution in [0.3, 0.4) is 0 Å². The van der Waals surface area contributed by atoms with Crippen LogP contribution in [0.25, 0.3) is 28.2 Å². The minimum atomic E-state index is 0.539. The van der Waals surface area contributed by atoms with E-state index in [4.69, 9.17) is 19.4 Å². The number of anilines is 1. The summed E-state index contributed by atoms with van der Waals surface area (Å²) in [6, 6.07) is 21.8. The van der Waals surface area contributed by atoms with Gasteiger partial charge < -0.3 is 14.8 Å². The molecule has 0 saturated heterocycles. The van der Waals surface area contributed by atoms with Crippen LogP contribution in [0.15, 0.2) is 79.3 Å². The van der Waals surface area contributed by atoms with Crippen LogP contribution in [0.5, 0.6) is 11.6 Å². The highest BCUT2D eigenvalue weighted by Crippen LogP contribution is 2.26. The molecule has 5 rings (SSSR count). The Bertz CT molecular complexity index is 1380. The van der Waals surface area contributed by atoms with Gasteiger partial charge in [0.05, 0.1) is 14.2 Å². The van der Waals surface area contributed by atoms with Crippen molar-refractivity contribution < 1.29 is 9.47 Å². The van der Waals surface area contributed by atoms with E-state index in [1.54, 1.807) is 32.8 Å². The largest absolute Gasteiger partial charge is 0.497 e. The Balaban J connectivity index is 1.50. The Morgan fingerprint density at radius 2 is 1.68 bits per heavy atom. The van der Waals surface area contributed by atoms with Crippen LogP contribution in [0, 0.1) is 0 Å². The van der Waals surface area contributed by atoms with Gasteiger partial charge in [-0.15, -0.1) is 0 Å². The molecule has 0 aliphatic heterocycles. The Morgan fingerprint density at radius 3 is 2.38 bits per heavy atom. The molecule has 2 aromatic carbocycles. The van der Waals surface area contributed by atoms with Gasteiger partial charge in [0.25, 0.3) is 0 Å². The van der Waals surface area contributed by atoms with Gasteiger partial charge in [-0.2, -0.15) is 0 Å². The number of rotatable bonds is 8. The monoisotopic (exact) mass is 452 g/mol. The Kier molecular flexibility index (Phi) is 6.03. The third kappa shape index (κ3) is 4.38. The second kappa shape index (κ2) is 9.58. The molecule has 5 aromatic rings. The number of hydrogen-bond donors (Lipinski definition) is 1. The molecule has 0 amide bonds. The molecule has 0 fully saturated rings. The summed E-state index contributed by atoms with van der Waals surface area (Å²) in [6.07, 6.45) is 4.32. The number of fused-ring (bicyclic) bond motifs is 1. The minimum absolute atomic E-state index is 0.539. The van der Waals surface area contributed by atoms with Gasteiger partial charge >= 0.3 is 0 Å². The molecule has 1 N–H and O–H groups in total. The predicted molar refractivity (Wildman–Crippen MR) is 132 cm³/mol. The summed E-state index contributed by atoms with van der Waals surface area (Å²) < 4.78 is 12.4. The normalized spacial score (nSPS) is 10.9. The van der Waals surface area contributed by atoms with Crippen LogP contribution in [-0.4, -0.2) is 45.3 Å². The van der Waals surface area contributed by atoms with E-state index in [0.29, 0.717) is 29.6 Å². The molecule has 8 nitrogen and oxygen atoms in total. The predicted octanol–water partition coefficient (Wildman–Crippen LogP) is 4.55. The number of benzene rings is 2. The van der Waals surface area contributed by atoms with Crippen LogP contribution in [0.1, 0.15) is 5.56 Å². The van der Waals surface area contributed by atoms with E-state index in [9.17, 15) is 0 Å². The quantitative estimate of drug-likeness (QED) is 0.370. The minimum Gasteiger partial charge on any atom is -0.497 e. The average molecular weight is 453 g/mol. The molecule has 170 valence electrons. The second-order valence-electron chi connectivity index (χ2n) is 7.63. The maximum absolute atomic E-state index is 5.24. The Hall–Kier alpha value is -4.46. The van der Waals surface area contributed by atoms with E-state index in [2.05, 4.69) is 27.4 Å². The first-order valence-corrected chi connectivity index (χ1v) is 10.9. The lowest BCUT2D eigenvalue weighted by Gasteiger charge is -2.10. The molecular weight excluding hydrogens is 428 g/mol. The van der Waals surface area contributed by atoms with Crippen molar-refractivity contribution in [1.82, 2.24) is 24.5 Å². The zero-order valence-electron chi connectivity index (χ0n) is 19.0. The van der Waals surface area contributed by atoms with E-state index in [1.807, 2.05) is 53.1 Å². The van der Waals surface area contributed by atoms with Crippen molar-refractivity contribution in [3.05, 3.63) is 84.8 Å². The van der Waals surface area contributed by atoms with E-state index < -0.39 is 0 Å². The van der Waals surface area contributed by atoms with Gasteiger partial charge in [-0.1, -0.05) is 30.3 Å². The number of hydrogen-bond acceptors (Lipinski definition) is 7. The van der Waals surface area contributed by atoms with Crippen molar-refractivity contribution in [3.63, 3.8) is 0 Å². The van der Waals surface area contributed by atoms with Gasteiger partial charge in [-0.25, -0.2) is 19.9 Å². The lowest BCUT2D eigenvalue weighted by molar-refractivity contribution is 0.398. The zero-order chi connectivity index (χ0) is 23.3. The van der Waals surface area contributed by atoms with Gasteiger partial charge in [0.15, 0.2) is 22.8 Å². The van der Waals surface area contributed by atoms with E-state index in [-0.39, 0.29) is 0 Å². The van der Waals surface area contributed by atoms with Gasteiger partial charge in [0.1, 0.15) is 12.1 Å². The number of para-hydroxylation sites is 1. The first-order valence-electron chi connectivity index (χ1n) is 10.9. The fraction of sp³-hybridized carbons (Fsp3) is 0.154. The molecule has 0 saturated carbocycles. The maximum Gasteiger partial charge on any atom is 0.212 e. The molecule has 8 heteroatoms. The molecule has 34 heavy (non-hydrogen) atoms. The molecule has 3 aromatic heterocycles. The van der Waals surface area contributed by atoms with E-state index in [0.717, 1.165) is 29.1 Å². The highest BCUT2D eigenvalue weighted by Gasteiger charge is 2.15. The van der Waals surface area contributed by atoms with Crippen molar-refractivity contribution in [3.8, 4) is 28.7 Å². The van der Waals surface area contributed by atoms with Crippen LogP contribution >= 0.6 is 0 Å². The summed E-state index contributed by atoms with van der Waals surface area (Å²) in [5.41, 5.74) is 4.41. The summed E-state index contributed by atoms with van der Waals surface area (Å²) in [6.45, 7) is 0.691. The fourth-order valence-electron chi connectivity index (χ4n) is 3.68. The molecule has 0 radical (unpaired) electrons. The number of nitrogens with one attached hydrogen (secondary N) is 1. The summed E-state index contributed by atoms with van der Waals surface area (Å²) in [5.74, 6) is 2.63. The smallest absolute Gasteiger partial charge is 0.212 e. The molecule has 0 atom stereocenters. The number of ether oxygens (including phenoxy) is 2. The number of aromatic nitrogens is 5. The lowest BCUT2D eigenvalue weighted by atomic mass is 10.1. The maximum atomic E-state index is 5.24. The highest BCUT2D eigenvalue weighted by molar-refractivity contribution is 5.86. The van der Waals surface area contributed by atoms with Gasteiger partial charge in [0, 0.05) is 30.1 Å². The first kappa shape index (κ1) is 21.4. The van der Waals surface area contributed by atoms with Crippen molar-refractivity contribution in [2.75, 3.05) is 26.1 Å².